The van der Waals surface area contributed by atoms with E-state index in [1.165, 1.54) is 0 Å². The molecule has 0 aromatic rings. The van der Waals surface area contributed by atoms with Crippen molar-refractivity contribution in [1.82, 2.24) is 0 Å². The fourth-order valence-corrected chi connectivity index (χ4v) is 4.41. The van der Waals surface area contributed by atoms with Crippen LogP contribution in [0.2, 0.25) is 0 Å². The van der Waals surface area contributed by atoms with Crippen molar-refractivity contribution in [2.75, 3.05) is 13.2 Å². The molecule has 18 heteroatoms. The number of aliphatic hydroxyl groups is 1. The van der Waals surface area contributed by atoms with Gasteiger partial charge in [0.1, 0.15) is 37.6 Å². The van der Waals surface area contributed by atoms with Gasteiger partial charge in [-0.25, -0.2) is 0 Å². The van der Waals surface area contributed by atoms with E-state index >= 15 is 0 Å². The zero-order valence-corrected chi connectivity index (χ0v) is 25.1. The molecule has 1 N–H and O–H groups in total. The SMILES string of the molecule is CC(=O)OCC1O[C@@H](OC(C)=O)C(OC(C)=O)[C@@H](OC(C)=O)[C@@H]1O[C@H]1OC(COC(C)=O)[C@H](O)[C@H](OC(C)=O)C1OC(C)=O. The van der Waals surface area contributed by atoms with Crippen LogP contribution in [0, 0.1) is 0 Å². The van der Waals surface area contributed by atoms with E-state index in [-0.39, 0.29) is 0 Å². The predicted octanol–water partition coefficient (Wildman–Crippen LogP) is -1.40. The van der Waals surface area contributed by atoms with E-state index in [0.29, 0.717) is 0 Å². The molecule has 0 aromatic heterocycles. The van der Waals surface area contributed by atoms with Crippen LogP contribution in [-0.4, -0.2) is 122 Å². The first-order valence-electron chi connectivity index (χ1n) is 13.3. The molecular formula is C26H36O18. The smallest absolute Gasteiger partial charge is 0.305 e. The molecule has 18 nitrogen and oxygen atoms in total. The van der Waals surface area contributed by atoms with Gasteiger partial charge in [-0.1, -0.05) is 0 Å². The minimum Gasteiger partial charge on any atom is -0.463 e. The van der Waals surface area contributed by atoms with Crippen LogP contribution in [0.1, 0.15) is 48.5 Å². The van der Waals surface area contributed by atoms with Crippen LogP contribution >= 0.6 is 0 Å². The lowest BCUT2D eigenvalue weighted by molar-refractivity contribution is -0.357. The molecule has 0 spiro atoms. The number of carbonyl (C=O) groups excluding carboxylic acids is 7. The molecule has 2 fully saturated rings. The van der Waals surface area contributed by atoms with Crippen molar-refractivity contribution >= 4 is 41.8 Å². The van der Waals surface area contributed by atoms with Gasteiger partial charge in [-0.15, -0.1) is 0 Å². The lowest BCUT2D eigenvalue weighted by Crippen LogP contribution is -2.67. The summed E-state index contributed by atoms with van der Waals surface area (Å²) in [5, 5.41) is 10.9. The van der Waals surface area contributed by atoms with E-state index in [1.54, 1.807) is 0 Å². The highest BCUT2D eigenvalue weighted by Crippen LogP contribution is 2.34. The van der Waals surface area contributed by atoms with E-state index < -0.39 is 116 Å². The average Bonchev–Trinajstić information content (AvgIpc) is 2.87. The number of carbonyl (C=O) groups is 7. The summed E-state index contributed by atoms with van der Waals surface area (Å²) >= 11 is 0. The maximum Gasteiger partial charge on any atom is 0.305 e. The van der Waals surface area contributed by atoms with Crippen LogP contribution in [0.3, 0.4) is 0 Å². The third-order valence-corrected chi connectivity index (χ3v) is 5.89. The van der Waals surface area contributed by atoms with Crippen molar-refractivity contribution in [3.63, 3.8) is 0 Å². The molecule has 2 rings (SSSR count). The van der Waals surface area contributed by atoms with Crippen molar-refractivity contribution in [3.05, 3.63) is 0 Å². The van der Waals surface area contributed by atoms with Gasteiger partial charge in [0.2, 0.25) is 12.4 Å². The third kappa shape index (κ3) is 10.7. The highest BCUT2D eigenvalue weighted by molar-refractivity contribution is 5.69. The number of esters is 7. The zero-order chi connectivity index (χ0) is 33.3. The third-order valence-electron chi connectivity index (χ3n) is 5.89. The Bertz CT molecular complexity index is 1090. The van der Waals surface area contributed by atoms with Crippen LogP contribution in [-0.2, 0) is 80.9 Å². The highest BCUT2D eigenvalue weighted by Gasteiger charge is 2.57. The molecular weight excluding hydrogens is 600 g/mol. The van der Waals surface area contributed by atoms with Crippen LogP contribution in [0.5, 0.6) is 0 Å². The summed E-state index contributed by atoms with van der Waals surface area (Å²) in [6, 6.07) is 0. The summed E-state index contributed by atoms with van der Waals surface area (Å²) in [4.78, 5) is 83.3. The normalized spacial score (nSPS) is 31.5. The van der Waals surface area contributed by atoms with E-state index in [4.69, 9.17) is 47.4 Å². The summed E-state index contributed by atoms with van der Waals surface area (Å²) in [5.41, 5.74) is 0. The number of ether oxygens (including phenoxy) is 10. The van der Waals surface area contributed by atoms with Gasteiger partial charge >= 0.3 is 41.8 Å². The molecule has 2 aliphatic heterocycles. The highest BCUT2D eigenvalue weighted by atomic mass is 16.8. The Hall–Kier alpha value is -3.87. The second-order valence-electron chi connectivity index (χ2n) is 9.69. The predicted molar refractivity (Wildman–Crippen MR) is 135 cm³/mol. The van der Waals surface area contributed by atoms with Crippen LogP contribution < -0.4 is 0 Å². The molecule has 2 saturated heterocycles. The van der Waals surface area contributed by atoms with Gasteiger partial charge in [0.05, 0.1) is 0 Å². The van der Waals surface area contributed by atoms with E-state index in [9.17, 15) is 38.7 Å². The van der Waals surface area contributed by atoms with Gasteiger partial charge in [-0.2, -0.15) is 0 Å². The molecule has 44 heavy (non-hydrogen) atoms. The van der Waals surface area contributed by atoms with Gasteiger partial charge in [0, 0.05) is 48.5 Å². The van der Waals surface area contributed by atoms with Crippen LogP contribution in [0.25, 0.3) is 0 Å². The summed E-state index contributed by atoms with van der Waals surface area (Å²) < 4.78 is 54.1. The molecule has 248 valence electrons. The average molecular weight is 637 g/mol. The van der Waals surface area contributed by atoms with Crippen molar-refractivity contribution in [1.29, 1.82) is 0 Å². The second-order valence-corrected chi connectivity index (χ2v) is 9.69. The number of aliphatic hydroxyl groups excluding tert-OH is 1. The standard InChI is InChI=1S/C26H36O18/c1-10(27)35-8-17-19(34)21(37-12(3)29)23(39-14(5)31)26(42-17)44-20-18(9-36-11(2)28)43-25(41-16(7)33)24(40-15(6)32)22(20)38-13(4)30/h17-26,34H,8-9H2,1-7H3/t17?,18?,19-,20+,21-,22-,23?,24?,25+,26+/m0/s1. The number of hydrogen-bond acceptors (Lipinski definition) is 18. The molecule has 0 aromatic carbocycles. The van der Waals surface area contributed by atoms with Crippen molar-refractivity contribution in [2.45, 2.75) is 110 Å². The van der Waals surface area contributed by atoms with Crippen LogP contribution in [0.15, 0.2) is 0 Å². The topological polar surface area (TPSA) is 232 Å². The maximum atomic E-state index is 12.2. The van der Waals surface area contributed by atoms with Crippen molar-refractivity contribution in [2.24, 2.45) is 0 Å². The summed E-state index contributed by atoms with van der Waals surface area (Å²) in [7, 11) is 0. The Labute approximate surface area is 251 Å². The minimum atomic E-state index is -1.79. The lowest BCUT2D eigenvalue weighted by Gasteiger charge is -2.48. The van der Waals surface area contributed by atoms with Gasteiger partial charge in [0.25, 0.3) is 0 Å². The molecule has 2 heterocycles. The molecule has 10 atom stereocenters. The maximum absolute atomic E-state index is 12.2. The number of hydrogen-bond donors (Lipinski definition) is 1. The first-order valence-corrected chi connectivity index (χ1v) is 13.3. The fraction of sp³-hybridized carbons (Fsp3) is 0.731. The first kappa shape index (κ1) is 36.3. The van der Waals surface area contributed by atoms with Gasteiger partial charge < -0.3 is 52.5 Å². The lowest BCUT2D eigenvalue weighted by atomic mass is 9.96. The molecule has 0 bridgehead atoms. The molecule has 0 aliphatic carbocycles. The second kappa shape index (κ2) is 16.3. The Morgan fingerprint density at radius 2 is 0.864 bits per heavy atom. The zero-order valence-electron chi connectivity index (χ0n) is 25.1. The Morgan fingerprint density at radius 1 is 0.477 bits per heavy atom. The summed E-state index contributed by atoms with van der Waals surface area (Å²) in [6.07, 6.45) is -16.3. The van der Waals surface area contributed by atoms with Crippen molar-refractivity contribution in [3.8, 4) is 0 Å². The van der Waals surface area contributed by atoms with E-state index in [1.807, 2.05) is 0 Å². The van der Waals surface area contributed by atoms with Gasteiger partial charge in [-0.3, -0.25) is 33.6 Å². The Kier molecular flexibility index (Phi) is 13.4. The molecule has 0 saturated carbocycles. The fourth-order valence-electron chi connectivity index (χ4n) is 4.41. The number of rotatable bonds is 11. The molecule has 2 aliphatic rings. The summed E-state index contributed by atoms with van der Waals surface area (Å²) in [6.45, 7) is 6.09. The Balaban J connectivity index is 2.65. The molecule has 4 unspecified atom stereocenters. The summed E-state index contributed by atoms with van der Waals surface area (Å²) in [5.74, 6) is -6.04. The molecule has 0 amide bonds. The Morgan fingerprint density at radius 3 is 1.32 bits per heavy atom. The van der Waals surface area contributed by atoms with Crippen molar-refractivity contribution < 1.29 is 86.0 Å². The molecule has 0 radical (unpaired) electrons. The first-order chi connectivity index (χ1) is 20.5. The van der Waals surface area contributed by atoms with Gasteiger partial charge in [0.15, 0.2) is 24.6 Å². The largest absolute Gasteiger partial charge is 0.463 e. The van der Waals surface area contributed by atoms with E-state index in [2.05, 4.69) is 0 Å². The monoisotopic (exact) mass is 636 g/mol. The van der Waals surface area contributed by atoms with Crippen LogP contribution in [0.4, 0.5) is 0 Å². The minimum absolute atomic E-state index is 0.572. The van der Waals surface area contributed by atoms with Gasteiger partial charge in [-0.05, 0) is 0 Å². The quantitative estimate of drug-likeness (QED) is 0.203. The van der Waals surface area contributed by atoms with E-state index in [0.717, 1.165) is 48.5 Å².